The molecule has 41 heavy (non-hydrogen) atoms. The zero-order valence-electron chi connectivity index (χ0n) is 21.9. The van der Waals surface area contributed by atoms with Gasteiger partial charge in [-0.05, 0) is 48.5 Å². The molecule has 1 amide bonds. The van der Waals surface area contributed by atoms with E-state index >= 15 is 4.39 Å². The monoisotopic (exact) mass is 556 g/mol. The van der Waals surface area contributed by atoms with E-state index in [-0.39, 0.29) is 28.6 Å². The SMILES string of the molecule is Nc1nccc(Oc2ccc(NC(=O)c3cccn(-c4ccc(F)cc4)c3=O)cc2F)c1C#CCN1CCNCC1. The van der Waals surface area contributed by atoms with Crippen molar-refractivity contribution in [3.63, 3.8) is 0 Å². The summed E-state index contributed by atoms with van der Waals surface area (Å²) in [7, 11) is 0. The Balaban J connectivity index is 1.31. The highest BCUT2D eigenvalue weighted by molar-refractivity contribution is 6.04. The van der Waals surface area contributed by atoms with Crippen LogP contribution in [0.15, 0.2) is 77.9 Å². The molecule has 0 saturated carbocycles. The summed E-state index contributed by atoms with van der Waals surface area (Å²) >= 11 is 0. The molecule has 11 heteroatoms. The highest BCUT2D eigenvalue weighted by Crippen LogP contribution is 2.30. The first-order valence-corrected chi connectivity index (χ1v) is 12.8. The van der Waals surface area contributed by atoms with Crippen LogP contribution in [0.25, 0.3) is 5.69 Å². The molecule has 2 aromatic carbocycles. The number of nitrogens with zero attached hydrogens (tertiary/aromatic N) is 3. The van der Waals surface area contributed by atoms with E-state index in [0.29, 0.717) is 17.8 Å². The molecule has 2 aromatic heterocycles. The first-order chi connectivity index (χ1) is 19.9. The van der Waals surface area contributed by atoms with Gasteiger partial charge < -0.3 is 21.1 Å². The highest BCUT2D eigenvalue weighted by atomic mass is 19.1. The van der Waals surface area contributed by atoms with Crippen LogP contribution in [0.1, 0.15) is 15.9 Å². The van der Waals surface area contributed by atoms with E-state index in [1.807, 2.05) is 0 Å². The van der Waals surface area contributed by atoms with Crippen molar-refractivity contribution < 1.29 is 18.3 Å². The number of piperazine rings is 1. The minimum absolute atomic E-state index is 0.113. The van der Waals surface area contributed by atoms with Gasteiger partial charge in [-0.1, -0.05) is 11.8 Å². The Labute approximate surface area is 234 Å². The number of anilines is 2. The Kier molecular flexibility index (Phi) is 8.34. The van der Waals surface area contributed by atoms with E-state index in [1.54, 1.807) is 6.07 Å². The molecule has 4 aromatic rings. The lowest BCUT2D eigenvalue weighted by Crippen LogP contribution is -2.43. The summed E-state index contributed by atoms with van der Waals surface area (Å²) in [5.74, 6) is 4.43. The highest BCUT2D eigenvalue weighted by Gasteiger charge is 2.16. The molecule has 0 spiro atoms. The summed E-state index contributed by atoms with van der Waals surface area (Å²) in [6.07, 6.45) is 2.91. The second kappa shape index (κ2) is 12.4. The van der Waals surface area contributed by atoms with Crippen LogP contribution in [-0.4, -0.2) is 53.1 Å². The molecule has 5 rings (SSSR count). The number of nitrogens with two attached hydrogens (primary N) is 1. The number of rotatable bonds is 6. The van der Waals surface area contributed by atoms with Crippen molar-refractivity contribution in [2.24, 2.45) is 0 Å². The average Bonchev–Trinajstić information content (AvgIpc) is 2.97. The van der Waals surface area contributed by atoms with Crippen LogP contribution in [0.4, 0.5) is 20.3 Å². The lowest BCUT2D eigenvalue weighted by Gasteiger charge is -2.24. The summed E-state index contributed by atoms with van der Waals surface area (Å²) in [4.78, 5) is 32.1. The van der Waals surface area contributed by atoms with Gasteiger partial charge in [0.05, 0.1) is 6.54 Å². The molecule has 1 aliphatic heterocycles. The van der Waals surface area contributed by atoms with Crippen molar-refractivity contribution in [3.8, 4) is 29.0 Å². The predicted octanol–water partition coefficient (Wildman–Crippen LogP) is 3.39. The van der Waals surface area contributed by atoms with Crippen LogP contribution in [0.3, 0.4) is 0 Å². The quantitative estimate of drug-likeness (QED) is 0.312. The molecule has 1 fully saturated rings. The number of amides is 1. The standard InChI is InChI=1S/C30H26F2N6O3/c31-20-5-8-22(9-6-20)38-16-2-4-24(30(38)40)29(39)36-21-7-10-27(25(32)19-21)41-26-11-12-35-28(33)23(26)3-1-15-37-17-13-34-14-18-37/h2,4-12,16,19,34H,13-15,17-18H2,(H2,33,35)(H,36,39). The number of pyridine rings is 2. The number of ether oxygens (including phenoxy) is 1. The second-order valence-corrected chi connectivity index (χ2v) is 9.17. The number of hydrogen-bond acceptors (Lipinski definition) is 7. The van der Waals surface area contributed by atoms with E-state index in [0.717, 1.165) is 32.2 Å². The Hall–Kier alpha value is -5.05. The van der Waals surface area contributed by atoms with Gasteiger partial charge in [-0.2, -0.15) is 0 Å². The first kappa shape index (κ1) is 27.5. The minimum Gasteiger partial charge on any atom is -0.453 e. The zero-order chi connectivity index (χ0) is 28.8. The smallest absolute Gasteiger partial charge is 0.267 e. The molecule has 9 nitrogen and oxygen atoms in total. The number of carbonyl (C=O) groups is 1. The van der Waals surface area contributed by atoms with Crippen LogP contribution in [0, 0.1) is 23.5 Å². The van der Waals surface area contributed by atoms with E-state index in [4.69, 9.17) is 10.5 Å². The fourth-order valence-corrected chi connectivity index (χ4v) is 4.23. The Morgan fingerprint density at radius 3 is 2.61 bits per heavy atom. The normalized spacial score (nSPS) is 13.2. The molecule has 0 aliphatic carbocycles. The maximum Gasteiger partial charge on any atom is 0.267 e. The lowest BCUT2D eigenvalue weighted by atomic mass is 10.2. The maximum atomic E-state index is 15.0. The van der Waals surface area contributed by atoms with Crippen LogP contribution in [-0.2, 0) is 0 Å². The fraction of sp³-hybridized carbons (Fsp3) is 0.167. The van der Waals surface area contributed by atoms with Gasteiger partial charge in [0.15, 0.2) is 11.6 Å². The number of carbonyl (C=O) groups excluding carboxylic acids is 1. The van der Waals surface area contributed by atoms with E-state index in [1.165, 1.54) is 65.5 Å². The molecule has 0 bridgehead atoms. The Morgan fingerprint density at radius 1 is 1.07 bits per heavy atom. The molecular formula is C30H26F2N6O3. The van der Waals surface area contributed by atoms with Crippen molar-refractivity contribution in [2.75, 3.05) is 43.8 Å². The van der Waals surface area contributed by atoms with Gasteiger partial charge in [0.2, 0.25) is 0 Å². The van der Waals surface area contributed by atoms with Gasteiger partial charge in [0.1, 0.15) is 28.5 Å². The average molecular weight is 557 g/mol. The largest absolute Gasteiger partial charge is 0.453 e. The third-order valence-corrected chi connectivity index (χ3v) is 6.37. The maximum absolute atomic E-state index is 15.0. The van der Waals surface area contributed by atoms with Gasteiger partial charge in [0, 0.05) is 62.1 Å². The molecular weight excluding hydrogens is 530 g/mol. The number of aromatic nitrogens is 2. The summed E-state index contributed by atoms with van der Waals surface area (Å²) in [5, 5.41) is 5.81. The number of halogens is 2. The van der Waals surface area contributed by atoms with Crippen molar-refractivity contribution in [3.05, 3.63) is 106 Å². The van der Waals surface area contributed by atoms with Gasteiger partial charge in [-0.3, -0.25) is 19.1 Å². The second-order valence-electron chi connectivity index (χ2n) is 9.17. The Bertz CT molecular complexity index is 1690. The van der Waals surface area contributed by atoms with Gasteiger partial charge in [-0.15, -0.1) is 0 Å². The summed E-state index contributed by atoms with van der Waals surface area (Å²) < 4.78 is 35.3. The molecule has 3 heterocycles. The summed E-state index contributed by atoms with van der Waals surface area (Å²) in [5.41, 5.74) is 6.10. The van der Waals surface area contributed by atoms with Crippen molar-refractivity contribution >= 4 is 17.4 Å². The van der Waals surface area contributed by atoms with Crippen LogP contribution in [0.2, 0.25) is 0 Å². The van der Waals surface area contributed by atoms with Gasteiger partial charge in [-0.25, -0.2) is 13.8 Å². The predicted molar refractivity (Wildman–Crippen MR) is 151 cm³/mol. The molecule has 1 saturated heterocycles. The van der Waals surface area contributed by atoms with E-state index < -0.39 is 23.1 Å². The van der Waals surface area contributed by atoms with Crippen molar-refractivity contribution in [1.82, 2.24) is 19.8 Å². The van der Waals surface area contributed by atoms with Crippen LogP contribution in [0.5, 0.6) is 11.5 Å². The molecule has 208 valence electrons. The molecule has 0 atom stereocenters. The minimum atomic E-state index is -0.755. The third kappa shape index (κ3) is 6.58. The van der Waals surface area contributed by atoms with Gasteiger partial charge in [0.25, 0.3) is 11.5 Å². The third-order valence-electron chi connectivity index (χ3n) is 6.37. The number of nitrogens with one attached hydrogen (secondary N) is 2. The van der Waals surface area contributed by atoms with E-state index in [2.05, 4.69) is 32.4 Å². The molecule has 4 N–H and O–H groups in total. The van der Waals surface area contributed by atoms with Crippen molar-refractivity contribution in [1.29, 1.82) is 0 Å². The Morgan fingerprint density at radius 2 is 1.85 bits per heavy atom. The number of hydrogen-bond donors (Lipinski definition) is 3. The number of benzene rings is 2. The molecule has 0 unspecified atom stereocenters. The summed E-state index contributed by atoms with van der Waals surface area (Å²) in [6, 6.07) is 13.6. The topological polar surface area (TPSA) is 115 Å². The first-order valence-electron chi connectivity index (χ1n) is 12.8. The van der Waals surface area contributed by atoms with Gasteiger partial charge >= 0.3 is 0 Å². The number of nitrogen functional groups attached to an aromatic ring is 1. The fourth-order valence-electron chi connectivity index (χ4n) is 4.23. The molecule has 1 aliphatic rings. The van der Waals surface area contributed by atoms with Crippen LogP contribution < -0.4 is 26.7 Å². The molecule has 0 radical (unpaired) electrons. The summed E-state index contributed by atoms with van der Waals surface area (Å²) in [6.45, 7) is 4.14. The van der Waals surface area contributed by atoms with Crippen molar-refractivity contribution in [2.45, 2.75) is 0 Å². The zero-order valence-corrected chi connectivity index (χ0v) is 21.9. The lowest BCUT2D eigenvalue weighted by molar-refractivity contribution is 0.102. The van der Waals surface area contributed by atoms with Crippen LogP contribution >= 0.6 is 0 Å². The van der Waals surface area contributed by atoms with E-state index in [9.17, 15) is 14.0 Å².